The van der Waals surface area contributed by atoms with Crippen molar-refractivity contribution < 1.29 is 14.3 Å². The summed E-state index contributed by atoms with van der Waals surface area (Å²) >= 11 is 0. The van der Waals surface area contributed by atoms with Crippen molar-refractivity contribution in [3.05, 3.63) is 129 Å². The van der Waals surface area contributed by atoms with Gasteiger partial charge in [-0.25, -0.2) is 4.98 Å². The van der Waals surface area contributed by atoms with Crippen LogP contribution in [0.1, 0.15) is 49.9 Å². The molecule has 4 N–H and O–H groups in total. The maximum Gasteiger partial charge on any atom is 0.251 e. The first-order chi connectivity index (χ1) is 23.3. The molecular formula is C37H35N7O3Si. The zero-order valence-corrected chi connectivity index (χ0v) is 28.4. The lowest BCUT2D eigenvalue weighted by atomic mass is 9.86. The summed E-state index contributed by atoms with van der Waals surface area (Å²) in [7, 11) is 3.36. The number of rotatable bonds is 9. The van der Waals surface area contributed by atoms with Crippen molar-refractivity contribution in [3.63, 3.8) is 0 Å². The molecule has 1 atom stereocenters. The van der Waals surface area contributed by atoms with Gasteiger partial charge in [0.15, 0.2) is 17.5 Å². The standard InChI is InChI=1S/C37H35N7O3Si/c1-21-4-12-27-30(14-21)48-31-16-26(44(2)3)11-13-28(31)32(27)29-15-24(9-10-25(29)18-45)35(46)39-17-22-5-7-23(8-6-22)19-47-36-33-34(41-20-40-33)42-37(38)43-36/h4-16,18,20-21H,17,19,48H2,1-3H3,(H,39,46)(H3,38,40,41,42,43). The number of nitrogens with zero attached hydrogens (tertiary/aromatic N) is 4. The lowest BCUT2D eigenvalue weighted by Crippen LogP contribution is -2.29. The Morgan fingerprint density at radius 3 is 2.67 bits per heavy atom. The highest BCUT2D eigenvalue weighted by Crippen LogP contribution is 2.38. The summed E-state index contributed by atoms with van der Waals surface area (Å²) in [6, 6.07) is 19.7. The number of carbonyl (C=O) groups is 2. The number of carbonyl (C=O) groups excluding carboxylic acids is 2. The maximum atomic E-state index is 13.5. The molecule has 2 aliphatic rings. The second-order valence-corrected chi connectivity index (χ2v) is 14.2. The van der Waals surface area contributed by atoms with Crippen LogP contribution in [0.4, 0.5) is 11.6 Å². The van der Waals surface area contributed by atoms with Gasteiger partial charge in [-0.05, 0) is 63.6 Å². The molecule has 0 fully saturated rings. The third kappa shape index (κ3) is 6.03. The molecule has 7 rings (SSSR count). The summed E-state index contributed by atoms with van der Waals surface area (Å²) < 4.78 is 5.88. The average molecular weight is 654 g/mol. The number of H-pyrrole nitrogens is 1. The van der Waals surface area contributed by atoms with E-state index in [2.05, 4.69) is 73.5 Å². The number of allylic oxidation sites excluding steroid dienone is 5. The molecule has 11 heteroatoms. The summed E-state index contributed by atoms with van der Waals surface area (Å²) in [6.45, 7) is 2.80. The van der Waals surface area contributed by atoms with Crippen LogP contribution >= 0.6 is 0 Å². The normalized spacial score (nSPS) is 15.6. The highest BCUT2D eigenvalue weighted by Gasteiger charge is 2.27. The van der Waals surface area contributed by atoms with E-state index in [0.29, 0.717) is 40.6 Å². The SMILES string of the molecule is CC1C=CC2=C(c3cc(C(=O)NCc4ccc(COc5nc(N)nc6[nH]cnc56)cc4)ccc3C=O)c3ccc(N(C)C)cc3[SiH2]C2=C1. The van der Waals surface area contributed by atoms with Crippen LogP contribution in [0, 0.1) is 5.92 Å². The number of nitrogens with two attached hydrogens (primary N) is 1. The summed E-state index contributed by atoms with van der Waals surface area (Å²) in [6.07, 6.45) is 9.14. The number of aldehydes is 1. The second-order valence-electron chi connectivity index (χ2n) is 12.3. The molecule has 240 valence electrons. The number of benzene rings is 3. The molecule has 10 nitrogen and oxygen atoms in total. The van der Waals surface area contributed by atoms with Gasteiger partial charge in [0, 0.05) is 37.5 Å². The molecule has 1 amide bonds. The summed E-state index contributed by atoms with van der Waals surface area (Å²) in [5, 5.41) is 5.76. The van der Waals surface area contributed by atoms with E-state index in [4.69, 9.17) is 10.5 Å². The molecule has 0 radical (unpaired) electrons. The molecular weight excluding hydrogens is 619 g/mol. The topological polar surface area (TPSA) is 139 Å². The first kappa shape index (κ1) is 30.8. The number of hydrogen-bond acceptors (Lipinski definition) is 8. The molecule has 0 saturated carbocycles. The number of fused-ring (bicyclic) bond motifs is 3. The Morgan fingerprint density at radius 2 is 1.88 bits per heavy atom. The minimum Gasteiger partial charge on any atom is -0.471 e. The number of aromatic nitrogens is 4. The van der Waals surface area contributed by atoms with E-state index in [1.807, 2.05) is 44.4 Å². The fourth-order valence-corrected chi connectivity index (χ4v) is 8.42. The van der Waals surface area contributed by atoms with Crippen LogP contribution < -0.4 is 25.9 Å². The third-order valence-electron chi connectivity index (χ3n) is 8.73. The number of amides is 1. The van der Waals surface area contributed by atoms with Crippen molar-refractivity contribution in [1.29, 1.82) is 0 Å². The Hall–Kier alpha value is -5.81. The van der Waals surface area contributed by atoms with Gasteiger partial charge in [-0.15, -0.1) is 0 Å². The van der Waals surface area contributed by atoms with Crippen LogP contribution in [-0.2, 0) is 13.2 Å². The molecule has 0 bridgehead atoms. The lowest BCUT2D eigenvalue weighted by Gasteiger charge is -2.29. The average Bonchev–Trinajstić information content (AvgIpc) is 3.57. The fourth-order valence-electron chi connectivity index (χ4n) is 6.24. The first-order valence-corrected chi connectivity index (χ1v) is 17.2. The molecule has 1 aliphatic heterocycles. The summed E-state index contributed by atoms with van der Waals surface area (Å²) in [5.74, 6) is 0.549. The molecule has 48 heavy (non-hydrogen) atoms. The van der Waals surface area contributed by atoms with Crippen molar-refractivity contribution in [2.24, 2.45) is 5.92 Å². The number of ether oxygens (including phenoxy) is 1. The Bertz CT molecular complexity index is 2170. The van der Waals surface area contributed by atoms with Crippen LogP contribution in [0.15, 0.2) is 96.0 Å². The zero-order valence-electron chi connectivity index (χ0n) is 26.9. The Morgan fingerprint density at radius 1 is 1.06 bits per heavy atom. The monoisotopic (exact) mass is 653 g/mol. The Kier molecular flexibility index (Phi) is 8.20. The smallest absolute Gasteiger partial charge is 0.251 e. The lowest BCUT2D eigenvalue weighted by molar-refractivity contribution is 0.0950. The van der Waals surface area contributed by atoms with Gasteiger partial charge in [-0.1, -0.05) is 71.9 Å². The molecule has 5 aromatic rings. The molecule has 1 aliphatic carbocycles. The van der Waals surface area contributed by atoms with E-state index in [-0.39, 0.29) is 18.5 Å². The van der Waals surface area contributed by atoms with Crippen LogP contribution in [0.5, 0.6) is 5.88 Å². The van der Waals surface area contributed by atoms with Crippen molar-refractivity contribution in [1.82, 2.24) is 25.3 Å². The zero-order chi connectivity index (χ0) is 33.4. The van der Waals surface area contributed by atoms with Crippen molar-refractivity contribution >= 4 is 55.3 Å². The van der Waals surface area contributed by atoms with Crippen LogP contribution in [-0.4, -0.2) is 55.7 Å². The van der Waals surface area contributed by atoms with Crippen LogP contribution in [0.25, 0.3) is 16.7 Å². The van der Waals surface area contributed by atoms with Gasteiger partial charge < -0.3 is 25.7 Å². The predicted molar refractivity (Wildman–Crippen MR) is 191 cm³/mol. The van der Waals surface area contributed by atoms with Gasteiger partial charge in [0.2, 0.25) is 11.8 Å². The van der Waals surface area contributed by atoms with Gasteiger partial charge in [-0.3, -0.25) is 9.59 Å². The van der Waals surface area contributed by atoms with Crippen molar-refractivity contribution in [2.75, 3.05) is 24.7 Å². The van der Waals surface area contributed by atoms with E-state index >= 15 is 0 Å². The van der Waals surface area contributed by atoms with Crippen molar-refractivity contribution in [2.45, 2.75) is 20.1 Å². The van der Waals surface area contributed by atoms with Gasteiger partial charge in [-0.2, -0.15) is 9.97 Å². The first-order valence-electron chi connectivity index (χ1n) is 15.8. The molecule has 1 unspecified atom stereocenters. The van der Waals surface area contributed by atoms with E-state index in [1.165, 1.54) is 16.7 Å². The molecule has 0 saturated heterocycles. The Labute approximate surface area is 280 Å². The highest BCUT2D eigenvalue weighted by molar-refractivity contribution is 6.65. The van der Waals surface area contributed by atoms with Gasteiger partial charge in [0.25, 0.3) is 5.91 Å². The highest BCUT2D eigenvalue weighted by atomic mass is 28.2. The van der Waals surface area contributed by atoms with Crippen LogP contribution in [0.2, 0.25) is 0 Å². The molecule has 3 heterocycles. The number of imidazole rings is 1. The van der Waals surface area contributed by atoms with Gasteiger partial charge in [0.05, 0.1) is 15.8 Å². The number of aromatic amines is 1. The Balaban J connectivity index is 1.10. The minimum atomic E-state index is -0.733. The quantitative estimate of drug-likeness (QED) is 0.160. The van der Waals surface area contributed by atoms with Crippen molar-refractivity contribution in [3.8, 4) is 5.88 Å². The fraction of sp³-hybridized carbons (Fsp3) is 0.162. The number of nitrogens with one attached hydrogen (secondary N) is 2. The number of hydrogen-bond donors (Lipinski definition) is 3. The summed E-state index contributed by atoms with van der Waals surface area (Å²) in [5.41, 5.74) is 15.0. The predicted octanol–water partition coefficient (Wildman–Crippen LogP) is 4.02. The van der Waals surface area contributed by atoms with Gasteiger partial charge in [0.1, 0.15) is 6.61 Å². The molecule has 0 spiro atoms. The summed E-state index contributed by atoms with van der Waals surface area (Å²) in [4.78, 5) is 43.4. The van der Waals surface area contributed by atoms with E-state index in [1.54, 1.807) is 12.1 Å². The van der Waals surface area contributed by atoms with E-state index < -0.39 is 9.52 Å². The second kappa shape index (κ2) is 12.8. The van der Waals surface area contributed by atoms with E-state index in [0.717, 1.165) is 45.4 Å². The molecule has 3 aromatic carbocycles. The van der Waals surface area contributed by atoms with Crippen LogP contribution in [0.3, 0.4) is 0 Å². The third-order valence-corrected chi connectivity index (χ3v) is 10.7. The number of nitrogen functional groups attached to an aromatic ring is 1. The maximum absolute atomic E-state index is 13.5. The largest absolute Gasteiger partial charge is 0.471 e. The van der Waals surface area contributed by atoms with Gasteiger partial charge >= 0.3 is 0 Å². The number of anilines is 2. The van der Waals surface area contributed by atoms with E-state index in [9.17, 15) is 9.59 Å². The molecule has 2 aromatic heterocycles. The minimum absolute atomic E-state index is 0.101.